The van der Waals surface area contributed by atoms with Crippen molar-refractivity contribution in [2.24, 2.45) is 11.7 Å². The third-order valence-corrected chi connectivity index (χ3v) is 4.62. The summed E-state index contributed by atoms with van der Waals surface area (Å²) in [5.74, 6) is 0.346. The highest BCUT2D eigenvalue weighted by atomic mass is 16.1. The van der Waals surface area contributed by atoms with Crippen LogP contribution in [-0.4, -0.2) is 29.1 Å². The van der Waals surface area contributed by atoms with E-state index in [0.29, 0.717) is 0 Å². The van der Waals surface area contributed by atoms with Gasteiger partial charge in [-0.1, -0.05) is 6.42 Å². The van der Waals surface area contributed by atoms with Crippen LogP contribution >= 0.6 is 0 Å². The van der Waals surface area contributed by atoms with E-state index < -0.39 is 0 Å². The van der Waals surface area contributed by atoms with Gasteiger partial charge in [0.05, 0.1) is 0 Å². The number of nitrogens with two attached hydrogens (primary N) is 1. The molecule has 1 heterocycles. The first-order valence-corrected chi connectivity index (χ1v) is 8.02. The zero-order chi connectivity index (χ0) is 15.0. The molecule has 2 aliphatic rings. The number of amides is 1. The van der Waals surface area contributed by atoms with E-state index in [9.17, 15) is 4.79 Å². The van der Waals surface area contributed by atoms with Crippen molar-refractivity contribution >= 4 is 5.91 Å². The van der Waals surface area contributed by atoms with Crippen molar-refractivity contribution < 1.29 is 4.79 Å². The first kappa shape index (κ1) is 15.8. The Morgan fingerprint density at radius 2 is 1.75 bits per heavy atom. The van der Waals surface area contributed by atoms with Crippen molar-refractivity contribution in [1.82, 2.24) is 10.6 Å². The molecule has 2 atom stereocenters. The van der Waals surface area contributed by atoms with E-state index >= 15 is 0 Å². The largest absolute Gasteiger partial charge is 0.353 e. The lowest BCUT2D eigenvalue weighted by Gasteiger charge is -2.47. The van der Waals surface area contributed by atoms with Gasteiger partial charge in [0.25, 0.3) is 0 Å². The normalized spacial score (nSPS) is 33.6. The van der Waals surface area contributed by atoms with E-state index in [-0.39, 0.29) is 35.0 Å². The Balaban J connectivity index is 1.93. The quantitative estimate of drug-likeness (QED) is 0.724. The van der Waals surface area contributed by atoms with Crippen LogP contribution in [0.2, 0.25) is 0 Å². The Morgan fingerprint density at radius 3 is 2.30 bits per heavy atom. The van der Waals surface area contributed by atoms with Crippen molar-refractivity contribution in [1.29, 1.82) is 0 Å². The smallest absolute Gasteiger partial charge is 0.223 e. The van der Waals surface area contributed by atoms with Gasteiger partial charge < -0.3 is 16.4 Å². The van der Waals surface area contributed by atoms with Crippen molar-refractivity contribution in [2.75, 3.05) is 0 Å². The SMILES string of the molecule is CC1(C)CC(NC(=O)C2CCCC(N)C2)CC(C)(C)N1. The molecule has 2 rings (SSSR count). The molecule has 1 aliphatic heterocycles. The van der Waals surface area contributed by atoms with E-state index in [1.54, 1.807) is 0 Å². The summed E-state index contributed by atoms with van der Waals surface area (Å²) in [4.78, 5) is 12.4. The Morgan fingerprint density at radius 1 is 1.15 bits per heavy atom. The summed E-state index contributed by atoms with van der Waals surface area (Å²) in [6.07, 6.45) is 5.97. The van der Waals surface area contributed by atoms with Crippen LogP contribution in [0.25, 0.3) is 0 Å². The van der Waals surface area contributed by atoms with Crippen LogP contribution in [0.1, 0.15) is 66.2 Å². The summed E-state index contributed by atoms with van der Waals surface area (Å²) in [7, 11) is 0. The number of rotatable bonds is 2. The Hall–Kier alpha value is -0.610. The molecule has 4 N–H and O–H groups in total. The second kappa shape index (κ2) is 5.64. The highest BCUT2D eigenvalue weighted by Gasteiger charge is 2.39. The predicted molar refractivity (Wildman–Crippen MR) is 82.4 cm³/mol. The summed E-state index contributed by atoms with van der Waals surface area (Å²) >= 11 is 0. The maximum absolute atomic E-state index is 12.4. The number of piperidine rings is 1. The molecule has 0 aromatic heterocycles. The van der Waals surface area contributed by atoms with Gasteiger partial charge in [-0.3, -0.25) is 4.79 Å². The number of carbonyl (C=O) groups excluding carboxylic acids is 1. The first-order chi connectivity index (χ1) is 9.17. The van der Waals surface area contributed by atoms with Gasteiger partial charge in [-0.2, -0.15) is 0 Å². The van der Waals surface area contributed by atoms with Crippen molar-refractivity contribution in [3.8, 4) is 0 Å². The van der Waals surface area contributed by atoms with Gasteiger partial charge in [0.1, 0.15) is 0 Å². The number of nitrogens with one attached hydrogen (secondary N) is 2. The van der Waals surface area contributed by atoms with Crippen LogP contribution in [0.4, 0.5) is 0 Å². The van der Waals surface area contributed by atoms with Crippen LogP contribution in [0.3, 0.4) is 0 Å². The number of hydrogen-bond donors (Lipinski definition) is 3. The molecule has 1 saturated heterocycles. The molecule has 2 unspecified atom stereocenters. The minimum Gasteiger partial charge on any atom is -0.353 e. The van der Waals surface area contributed by atoms with E-state index in [1.807, 2.05) is 0 Å². The van der Waals surface area contributed by atoms with Crippen LogP contribution in [0, 0.1) is 5.92 Å². The molecule has 4 nitrogen and oxygen atoms in total. The number of carbonyl (C=O) groups is 1. The lowest BCUT2D eigenvalue weighted by atomic mass is 9.79. The van der Waals surface area contributed by atoms with E-state index in [4.69, 9.17) is 5.73 Å². The van der Waals surface area contributed by atoms with Crippen LogP contribution < -0.4 is 16.4 Å². The first-order valence-electron chi connectivity index (χ1n) is 8.02. The van der Waals surface area contributed by atoms with Crippen molar-refractivity contribution in [3.63, 3.8) is 0 Å². The second-order valence-corrected chi connectivity index (χ2v) is 8.13. The van der Waals surface area contributed by atoms with Gasteiger partial charge in [0.15, 0.2) is 0 Å². The van der Waals surface area contributed by atoms with Crippen LogP contribution in [-0.2, 0) is 4.79 Å². The third kappa shape index (κ3) is 4.19. The molecular weight excluding hydrogens is 250 g/mol. The molecular formula is C16H31N3O. The minimum atomic E-state index is 0.0721. The lowest BCUT2D eigenvalue weighted by molar-refractivity contribution is -0.127. The molecule has 0 aromatic rings. The maximum atomic E-state index is 12.4. The van der Waals surface area contributed by atoms with Gasteiger partial charge >= 0.3 is 0 Å². The van der Waals surface area contributed by atoms with E-state index in [1.165, 1.54) is 0 Å². The van der Waals surface area contributed by atoms with Gasteiger partial charge in [0.2, 0.25) is 5.91 Å². The molecule has 1 amide bonds. The fourth-order valence-electron chi connectivity index (χ4n) is 4.21. The molecule has 0 bridgehead atoms. The van der Waals surface area contributed by atoms with E-state index in [2.05, 4.69) is 38.3 Å². The fraction of sp³-hybridized carbons (Fsp3) is 0.938. The molecule has 4 heteroatoms. The van der Waals surface area contributed by atoms with Crippen LogP contribution in [0.5, 0.6) is 0 Å². The highest BCUT2D eigenvalue weighted by Crippen LogP contribution is 2.29. The second-order valence-electron chi connectivity index (χ2n) is 8.13. The van der Waals surface area contributed by atoms with Gasteiger partial charge in [-0.25, -0.2) is 0 Å². The van der Waals surface area contributed by atoms with Crippen molar-refractivity contribution in [2.45, 2.75) is 89.4 Å². The average Bonchev–Trinajstić information content (AvgIpc) is 2.24. The molecule has 0 aromatic carbocycles. The van der Waals surface area contributed by atoms with E-state index in [0.717, 1.165) is 38.5 Å². The van der Waals surface area contributed by atoms with Gasteiger partial charge in [0, 0.05) is 29.1 Å². The lowest BCUT2D eigenvalue weighted by Crippen LogP contribution is -2.62. The molecule has 0 spiro atoms. The Labute approximate surface area is 123 Å². The molecule has 1 saturated carbocycles. The maximum Gasteiger partial charge on any atom is 0.223 e. The zero-order valence-corrected chi connectivity index (χ0v) is 13.5. The summed E-state index contributed by atoms with van der Waals surface area (Å²) in [6.45, 7) is 8.85. The number of hydrogen-bond acceptors (Lipinski definition) is 3. The molecule has 2 fully saturated rings. The standard InChI is InChI=1S/C16H31N3O/c1-15(2)9-13(10-16(3,4)19-15)18-14(20)11-6-5-7-12(17)8-11/h11-13,19H,5-10,17H2,1-4H3,(H,18,20). The molecule has 20 heavy (non-hydrogen) atoms. The summed E-state index contributed by atoms with van der Waals surface area (Å²) in [5.41, 5.74) is 6.14. The highest BCUT2D eigenvalue weighted by molar-refractivity contribution is 5.79. The average molecular weight is 281 g/mol. The summed E-state index contributed by atoms with van der Waals surface area (Å²) in [6, 6.07) is 0.479. The van der Waals surface area contributed by atoms with Crippen LogP contribution in [0.15, 0.2) is 0 Å². The molecule has 116 valence electrons. The summed E-state index contributed by atoms with van der Waals surface area (Å²) in [5, 5.41) is 6.94. The van der Waals surface area contributed by atoms with Gasteiger partial charge in [-0.05, 0) is 59.8 Å². The zero-order valence-electron chi connectivity index (χ0n) is 13.5. The third-order valence-electron chi connectivity index (χ3n) is 4.62. The summed E-state index contributed by atoms with van der Waals surface area (Å²) < 4.78 is 0. The Bertz CT molecular complexity index is 349. The predicted octanol–water partition coefficient (Wildman–Crippen LogP) is 1.93. The topological polar surface area (TPSA) is 67.2 Å². The molecule has 0 radical (unpaired) electrons. The van der Waals surface area contributed by atoms with Crippen molar-refractivity contribution in [3.05, 3.63) is 0 Å². The monoisotopic (exact) mass is 281 g/mol. The van der Waals surface area contributed by atoms with Gasteiger partial charge in [-0.15, -0.1) is 0 Å². The molecule has 1 aliphatic carbocycles. The minimum absolute atomic E-state index is 0.0721. The Kier molecular flexibility index (Phi) is 4.45. The fourth-order valence-corrected chi connectivity index (χ4v) is 4.21.